The number of pyridine rings is 1. The number of aromatic nitrogens is 1. The van der Waals surface area contributed by atoms with Gasteiger partial charge in [0.2, 0.25) is 0 Å². The maximum absolute atomic E-state index is 13.4. The van der Waals surface area contributed by atoms with Gasteiger partial charge in [0.05, 0.1) is 0 Å². The molecular formula is C11H9F2N3S. The molecule has 1 heterocycles. The maximum Gasteiger partial charge on any atom is 0.140 e. The van der Waals surface area contributed by atoms with E-state index in [0.717, 1.165) is 11.0 Å². The Labute approximate surface area is 101 Å². The summed E-state index contributed by atoms with van der Waals surface area (Å²) in [5.74, 6) is 4.52. The molecule has 6 heteroatoms. The second-order valence-electron chi connectivity index (χ2n) is 3.20. The topological polar surface area (TPSA) is 50.9 Å². The number of hydrogen-bond acceptors (Lipinski definition) is 4. The summed E-state index contributed by atoms with van der Waals surface area (Å²) in [4.78, 5) is 5.04. The van der Waals surface area contributed by atoms with Gasteiger partial charge in [-0.25, -0.2) is 19.6 Å². The third-order valence-corrected chi connectivity index (χ3v) is 3.04. The van der Waals surface area contributed by atoms with E-state index in [0.29, 0.717) is 10.7 Å². The Morgan fingerprint density at radius 2 is 2.00 bits per heavy atom. The zero-order chi connectivity index (χ0) is 12.3. The summed E-state index contributed by atoms with van der Waals surface area (Å²) in [7, 11) is 0. The Bertz CT molecular complexity index is 534. The third-order valence-electron chi connectivity index (χ3n) is 2.00. The first-order chi connectivity index (χ1) is 8.19. The van der Waals surface area contributed by atoms with E-state index >= 15 is 0 Å². The summed E-state index contributed by atoms with van der Waals surface area (Å²) in [6.45, 7) is 0. The van der Waals surface area contributed by atoms with Crippen LogP contribution in [0.4, 0.5) is 14.6 Å². The Morgan fingerprint density at radius 1 is 1.18 bits per heavy atom. The van der Waals surface area contributed by atoms with Gasteiger partial charge < -0.3 is 5.43 Å². The van der Waals surface area contributed by atoms with Gasteiger partial charge in [0.15, 0.2) is 0 Å². The molecular weight excluding hydrogens is 244 g/mol. The van der Waals surface area contributed by atoms with Crippen molar-refractivity contribution in [3.63, 3.8) is 0 Å². The van der Waals surface area contributed by atoms with E-state index in [4.69, 9.17) is 5.84 Å². The average molecular weight is 253 g/mol. The smallest absolute Gasteiger partial charge is 0.140 e. The predicted octanol–water partition coefficient (Wildman–Crippen LogP) is 2.80. The highest BCUT2D eigenvalue weighted by Crippen LogP contribution is 2.30. The van der Waals surface area contributed by atoms with Crippen LogP contribution in [0.5, 0.6) is 0 Å². The van der Waals surface area contributed by atoms with Gasteiger partial charge in [-0.3, -0.25) is 0 Å². The highest BCUT2D eigenvalue weighted by atomic mass is 32.2. The minimum absolute atomic E-state index is 0.348. The van der Waals surface area contributed by atoms with Crippen molar-refractivity contribution in [2.24, 2.45) is 5.84 Å². The lowest BCUT2D eigenvalue weighted by molar-refractivity contribution is 0.565. The van der Waals surface area contributed by atoms with E-state index in [-0.39, 0.29) is 0 Å². The van der Waals surface area contributed by atoms with Crippen molar-refractivity contribution in [2.75, 3.05) is 5.43 Å². The maximum atomic E-state index is 13.4. The van der Waals surface area contributed by atoms with Crippen LogP contribution >= 0.6 is 11.8 Å². The fourth-order valence-corrected chi connectivity index (χ4v) is 2.08. The van der Waals surface area contributed by atoms with E-state index in [1.54, 1.807) is 18.3 Å². The van der Waals surface area contributed by atoms with Crippen molar-refractivity contribution in [1.82, 2.24) is 4.98 Å². The fraction of sp³-hybridized carbons (Fsp3) is 0. The molecule has 0 saturated carbocycles. The van der Waals surface area contributed by atoms with Crippen molar-refractivity contribution in [2.45, 2.75) is 9.79 Å². The van der Waals surface area contributed by atoms with Crippen molar-refractivity contribution in [3.8, 4) is 0 Å². The fourth-order valence-electron chi connectivity index (χ4n) is 1.24. The van der Waals surface area contributed by atoms with Crippen molar-refractivity contribution >= 4 is 17.6 Å². The van der Waals surface area contributed by atoms with Crippen molar-refractivity contribution in [1.29, 1.82) is 0 Å². The van der Waals surface area contributed by atoms with E-state index in [9.17, 15) is 8.78 Å². The van der Waals surface area contributed by atoms with Gasteiger partial charge in [-0.15, -0.1) is 0 Å². The number of benzene rings is 1. The number of hydrogen-bond donors (Lipinski definition) is 2. The van der Waals surface area contributed by atoms with Crippen LogP contribution in [0.15, 0.2) is 46.3 Å². The number of rotatable bonds is 3. The molecule has 0 radical (unpaired) electrons. The molecule has 0 unspecified atom stereocenters. The molecule has 2 rings (SSSR count). The highest BCUT2D eigenvalue weighted by Gasteiger charge is 2.06. The number of hydrazine groups is 1. The molecule has 0 aliphatic heterocycles. The van der Waals surface area contributed by atoms with E-state index < -0.39 is 11.6 Å². The van der Waals surface area contributed by atoms with Crippen LogP contribution in [0.2, 0.25) is 0 Å². The summed E-state index contributed by atoms with van der Waals surface area (Å²) in [5, 5.41) is 0. The Kier molecular flexibility index (Phi) is 3.55. The molecule has 88 valence electrons. The Hall–Kier alpha value is -1.66. The number of nitrogens with one attached hydrogen (secondary N) is 1. The molecule has 0 spiro atoms. The number of nitrogens with zero attached hydrogens (tertiary/aromatic N) is 1. The number of halogens is 2. The largest absolute Gasteiger partial charge is 0.308 e. The SMILES string of the molecule is NNc1cc(Sc2ccc(F)cc2F)ccn1. The summed E-state index contributed by atoms with van der Waals surface area (Å²) in [6, 6.07) is 6.85. The normalized spacial score (nSPS) is 10.3. The highest BCUT2D eigenvalue weighted by molar-refractivity contribution is 7.99. The molecule has 0 saturated heterocycles. The van der Waals surface area contributed by atoms with Gasteiger partial charge in [-0.2, -0.15) is 0 Å². The van der Waals surface area contributed by atoms with Crippen molar-refractivity contribution < 1.29 is 8.78 Å². The van der Waals surface area contributed by atoms with Crippen LogP contribution in [0, 0.1) is 11.6 Å². The first-order valence-corrected chi connectivity index (χ1v) is 5.56. The number of nitrogens with two attached hydrogens (primary N) is 1. The quantitative estimate of drug-likeness (QED) is 0.652. The number of nitrogen functional groups attached to an aromatic ring is 1. The number of anilines is 1. The zero-order valence-electron chi connectivity index (χ0n) is 8.65. The second kappa shape index (κ2) is 5.11. The van der Waals surface area contributed by atoms with Gasteiger partial charge in [0.1, 0.15) is 17.5 Å². The van der Waals surface area contributed by atoms with Crippen LogP contribution in [-0.4, -0.2) is 4.98 Å². The van der Waals surface area contributed by atoms with Crippen molar-refractivity contribution in [3.05, 3.63) is 48.2 Å². The summed E-state index contributed by atoms with van der Waals surface area (Å²) < 4.78 is 26.1. The molecule has 0 bridgehead atoms. The molecule has 2 aromatic rings. The van der Waals surface area contributed by atoms with Gasteiger partial charge in [-0.1, -0.05) is 11.8 Å². The van der Waals surface area contributed by atoms with Gasteiger partial charge in [0.25, 0.3) is 0 Å². The minimum atomic E-state index is -0.592. The molecule has 3 N–H and O–H groups in total. The summed E-state index contributed by atoms with van der Waals surface area (Å²) in [5.41, 5.74) is 2.40. The lowest BCUT2D eigenvalue weighted by atomic mass is 10.3. The lowest BCUT2D eigenvalue weighted by Gasteiger charge is -2.04. The summed E-state index contributed by atoms with van der Waals surface area (Å²) >= 11 is 1.18. The first-order valence-electron chi connectivity index (χ1n) is 4.74. The third kappa shape index (κ3) is 2.92. The zero-order valence-corrected chi connectivity index (χ0v) is 9.47. The van der Waals surface area contributed by atoms with Crippen LogP contribution < -0.4 is 11.3 Å². The standard InChI is InChI=1S/C11H9F2N3S/c12-7-1-2-10(9(13)5-7)17-8-3-4-15-11(6-8)16-14/h1-6H,14H2,(H,15,16). The Balaban J connectivity index is 2.25. The van der Waals surface area contributed by atoms with Crippen LogP contribution in [0.1, 0.15) is 0 Å². The molecule has 3 nitrogen and oxygen atoms in total. The molecule has 0 aliphatic carbocycles. The monoisotopic (exact) mass is 253 g/mol. The first kappa shape index (κ1) is 11.8. The lowest BCUT2D eigenvalue weighted by Crippen LogP contribution is -2.07. The average Bonchev–Trinajstić information content (AvgIpc) is 2.33. The van der Waals surface area contributed by atoms with E-state index in [1.807, 2.05) is 0 Å². The molecule has 0 aliphatic rings. The van der Waals surface area contributed by atoms with E-state index in [2.05, 4.69) is 10.4 Å². The second-order valence-corrected chi connectivity index (χ2v) is 4.31. The van der Waals surface area contributed by atoms with Crippen LogP contribution in [0.25, 0.3) is 0 Å². The molecule has 1 aromatic carbocycles. The molecule has 0 amide bonds. The van der Waals surface area contributed by atoms with E-state index in [1.165, 1.54) is 23.9 Å². The Morgan fingerprint density at radius 3 is 2.71 bits per heavy atom. The molecule has 0 atom stereocenters. The molecule has 0 fully saturated rings. The molecule has 1 aromatic heterocycles. The molecule has 17 heavy (non-hydrogen) atoms. The van der Waals surface area contributed by atoms with Gasteiger partial charge in [0, 0.05) is 22.1 Å². The summed E-state index contributed by atoms with van der Waals surface area (Å²) in [6.07, 6.45) is 1.55. The predicted molar refractivity (Wildman–Crippen MR) is 62.5 cm³/mol. The van der Waals surface area contributed by atoms with Crippen LogP contribution in [-0.2, 0) is 0 Å². The van der Waals surface area contributed by atoms with Gasteiger partial charge in [-0.05, 0) is 24.3 Å². The van der Waals surface area contributed by atoms with Gasteiger partial charge >= 0.3 is 0 Å². The minimum Gasteiger partial charge on any atom is -0.308 e. The van der Waals surface area contributed by atoms with Crippen LogP contribution in [0.3, 0.4) is 0 Å².